The van der Waals surface area contributed by atoms with Gasteiger partial charge in [0.25, 0.3) is 5.91 Å². The molecule has 2 aromatic rings. The number of phenolic OH excluding ortho intramolecular Hbond substituents is 1. The van der Waals surface area contributed by atoms with Crippen LogP contribution in [0.25, 0.3) is 0 Å². The predicted molar refractivity (Wildman–Crippen MR) is 76.4 cm³/mol. The van der Waals surface area contributed by atoms with Crippen molar-refractivity contribution in [2.24, 2.45) is 0 Å². The lowest BCUT2D eigenvalue weighted by molar-refractivity contribution is 0.0938. The van der Waals surface area contributed by atoms with Crippen molar-refractivity contribution in [1.29, 1.82) is 0 Å². The second-order valence-corrected chi connectivity index (χ2v) is 4.64. The molecule has 0 radical (unpaired) electrons. The first-order valence-electron chi connectivity index (χ1n) is 6.57. The van der Waals surface area contributed by atoms with Crippen LogP contribution in [0.3, 0.4) is 0 Å². The number of aliphatic hydroxyl groups is 1. The molecule has 0 saturated carbocycles. The van der Waals surface area contributed by atoms with E-state index in [1.54, 1.807) is 12.1 Å². The van der Waals surface area contributed by atoms with Gasteiger partial charge in [-0.3, -0.25) is 4.79 Å². The minimum Gasteiger partial charge on any atom is -0.508 e. The number of halogens is 1. The van der Waals surface area contributed by atoms with E-state index in [1.807, 2.05) is 18.2 Å². The molecular weight excluding hydrogens is 273 g/mol. The quantitative estimate of drug-likeness (QED) is 0.791. The Morgan fingerprint density at radius 3 is 2.57 bits per heavy atom. The van der Waals surface area contributed by atoms with Gasteiger partial charge in [0.15, 0.2) is 0 Å². The first kappa shape index (κ1) is 15.0. The summed E-state index contributed by atoms with van der Waals surface area (Å²) in [5, 5.41) is 21.6. The number of amides is 1. The van der Waals surface area contributed by atoms with Gasteiger partial charge in [0.05, 0.1) is 11.7 Å². The van der Waals surface area contributed by atoms with Crippen LogP contribution in [0.1, 0.15) is 28.4 Å². The maximum Gasteiger partial charge on any atom is 0.254 e. The Morgan fingerprint density at radius 1 is 1.19 bits per heavy atom. The SMILES string of the molecule is O=C(NCC[C@H](O)c1ccccc1)c1ccc(O)cc1F. The van der Waals surface area contributed by atoms with E-state index in [0.717, 1.165) is 11.6 Å². The van der Waals surface area contributed by atoms with Crippen LogP contribution in [0, 0.1) is 5.82 Å². The third-order valence-corrected chi connectivity index (χ3v) is 3.08. The van der Waals surface area contributed by atoms with Crippen molar-refractivity contribution in [3.05, 3.63) is 65.5 Å². The Morgan fingerprint density at radius 2 is 1.90 bits per heavy atom. The zero-order valence-corrected chi connectivity index (χ0v) is 11.3. The largest absolute Gasteiger partial charge is 0.508 e. The number of carbonyl (C=O) groups excluding carboxylic acids is 1. The first-order chi connectivity index (χ1) is 10.1. The molecule has 0 unspecified atom stereocenters. The van der Waals surface area contributed by atoms with Crippen molar-refractivity contribution in [1.82, 2.24) is 5.32 Å². The van der Waals surface area contributed by atoms with Gasteiger partial charge >= 0.3 is 0 Å². The van der Waals surface area contributed by atoms with Crippen molar-refractivity contribution in [3.63, 3.8) is 0 Å². The Bertz CT molecular complexity index is 616. The predicted octanol–water partition coefficient (Wildman–Crippen LogP) is 2.38. The van der Waals surface area contributed by atoms with Gasteiger partial charge < -0.3 is 15.5 Å². The van der Waals surface area contributed by atoms with Gasteiger partial charge in [0.2, 0.25) is 0 Å². The maximum atomic E-state index is 13.5. The van der Waals surface area contributed by atoms with E-state index in [4.69, 9.17) is 5.11 Å². The van der Waals surface area contributed by atoms with E-state index in [1.165, 1.54) is 12.1 Å². The van der Waals surface area contributed by atoms with Crippen molar-refractivity contribution < 1.29 is 19.4 Å². The summed E-state index contributed by atoms with van der Waals surface area (Å²) in [5.74, 6) is -1.59. The highest BCUT2D eigenvalue weighted by Gasteiger charge is 2.13. The average Bonchev–Trinajstić information content (AvgIpc) is 2.47. The fourth-order valence-electron chi connectivity index (χ4n) is 1.95. The number of rotatable bonds is 5. The zero-order valence-electron chi connectivity index (χ0n) is 11.3. The smallest absolute Gasteiger partial charge is 0.254 e. The van der Waals surface area contributed by atoms with Crippen molar-refractivity contribution in [2.75, 3.05) is 6.54 Å². The van der Waals surface area contributed by atoms with Gasteiger partial charge in [0, 0.05) is 12.6 Å². The van der Waals surface area contributed by atoms with Crippen LogP contribution in [0.2, 0.25) is 0 Å². The van der Waals surface area contributed by atoms with E-state index in [0.29, 0.717) is 6.42 Å². The topological polar surface area (TPSA) is 69.6 Å². The lowest BCUT2D eigenvalue weighted by Gasteiger charge is -2.12. The highest BCUT2D eigenvalue weighted by atomic mass is 19.1. The summed E-state index contributed by atoms with van der Waals surface area (Å²) in [5.41, 5.74) is 0.629. The molecule has 0 spiro atoms. The van der Waals surface area contributed by atoms with Crippen LogP contribution in [0.4, 0.5) is 4.39 Å². The molecule has 21 heavy (non-hydrogen) atoms. The molecule has 110 valence electrons. The molecule has 5 heteroatoms. The molecule has 0 aliphatic heterocycles. The number of carbonyl (C=O) groups is 1. The number of aromatic hydroxyl groups is 1. The summed E-state index contributed by atoms with van der Waals surface area (Å²) in [4.78, 5) is 11.8. The Labute approximate surface area is 121 Å². The summed E-state index contributed by atoms with van der Waals surface area (Å²) >= 11 is 0. The fraction of sp³-hybridized carbons (Fsp3) is 0.188. The number of aliphatic hydroxyl groups excluding tert-OH is 1. The summed E-state index contributed by atoms with van der Waals surface area (Å²) in [6.45, 7) is 0.217. The van der Waals surface area contributed by atoms with E-state index in [-0.39, 0.29) is 17.9 Å². The van der Waals surface area contributed by atoms with Gasteiger partial charge in [-0.2, -0.15) is 0 Å². The van der Waals surface area contributed by atoms with Gasteiger partial charge in [-0.1, -0.05) is 30.3 Å². The second-order valence-electron chi connectivity index (χ2n) is 4.64. The molecule has 0 aromatic heterocycles. The first-order valence-corrected chi connectivity index (χ1v) is 6.57. The van der Waals surface area contributed by atoms with Gasteiger partial charge in [-0.15, -0.1) is 0 Å². The lowest BCUT2D eigenvalue weighted by atomic mass is 10.1. The monoisotopic (exact) mass is 289 g/mol. The molecule has 2 rings (SSSR count). The second kappa shape index (κ2) is 6.85. The third-order valence-electron chi connectivity index (χ3n) is 3.08. The molecule has 0 aliphatic rings. The fourth-order valence-corrected chi connectivity index (χ4v) is 1.95. The highest BCUT2D eigenvalue weighted by molar-refractivity contribution is 5.94. The van der Waals surface area contributed by atoms with Gasteiger partial charge in [-0.05, 0) is 24.1 Å². The summed E-state index contributed by atoms with van der Waals surface area (Å²) in [6, 6.07) is 12.4. The van der Waals surface area contributed by atoms with Crippen LogP contribution < -0.4 is 5.32 Å². The van der Waals surface area contributed by atoms with Crippen molar-refractivity contribution >= 4 is 5.91 Å². The number of benzene rings is 2. The summed E-state index contributed by atoms with van der Waals surface area (Å²) in [7, 11) is 0. The molecule has 0 aliphatic carbocycles. The molecule has 1 atom stereocenters. The minimum absolute atomic E-state index is 0.137. The number of hydrogen-bond donors (Lipinski definition) is 3. The molecule has 2 aromatic carbocycles. The Hall–Kier alpha value is -2.40. The van der Waals surface area contributed by atoms with Crippen LogP contribution in [-0.4, -0.2) is 22.7 Å². The molecule has 0 bridgehead atoms. The molecule has 1 amide bonds. The number of hydrogen-bond acceptors (Lipinski definition) is 3. The van der Waals surface area contributed by atoms with E-state index < -0.39 is 17.8 Å². The normalized spacial score (nSPS) is 11.9. The van der Waals surface area contributed by atoms with Crippen LogP contribution in [0.15, 0.2) is 48.5 Å². The number of phenols is 1. The Balaban J connectivity index is 1.87. The third kappa shape index (κ3) is 4.03. The van der Waals surface area contributed by atoms with E-state index in [9.17, 15) is 14.3 Å². The van der Waals surface area contributed by atoms with Gasteiger partial charge in [0.1, 0.15) is 11.6 Å². The summed E-state index contributed by atoms with van der Waals surface area (Å²) in [6.07, 6.45) is -0.355. The van der Waals surface area contributed by atoms with Crippen LogP contribution in [-0.2, 0) is 0 Å². The van der Waals surface area contributed by atoms with Crippen molar-refractivity contribution in [3.8, 4) is 5.75 Å². The zero-order chi connectivity index (χ0) is 15.2. The Kier molecular flexibility index (Phi) is 4.90. The molecule has 4 nitrogen and oxygen atoms in total. The van der Waals surface area contributed by atoms with Crippen LogP contribution >= 0.6 is 0 Å². The lowest BCUT2D eigenvalue weighted by Crippen LogP contribution is -2.26. The van der Waals surface area contributed by atoms with E-state index >= 15 is 0 Å². The average molecular weight is 289 g/mol. The minimum atomic E-state index is -0.781. The molecule has 0 fully saturated rings. The van der Waals surface area contributed by atoms with E-state index in [2.05, 4.69) is 5.32 Å². The number of nitrogens with one attached hydrogen (secondary N) is 1. The maximum absolute atomic E-state index is 13.5. The highest BCUT2D eigenvalue weighted by Crippen LogP contribution is 2.16. The molecule has 3 N–H and O–H groups in total. The molecular formula is C16H16FNO3. The van der Waals surface area contributed by atoms with Gasteiger partial charge in [-0.25, -0.2) is 4.39 Å². The molecule has 0 heterocycles. The van der Waals surface area contributed by atoms with Crippen molar-refractivity contribution in [2.45, 2.75) is 12.5 Å². The van der Waals surface area contributed by atoms with Crippen LogP contribution in [0.5, 0.6) is 5.75 Å². The summed E-state index contributed by atoms with van der Waals surface area (Å²) < 4.78 is 13.5. The standard InChI is InChI=1S/C16H16FNO3/c17-14-10-12(19)6-7-13(14)16(21)18-9-8-15(20)11-4-2-1-3-5-11/h1-7,10,15,19-20H,8-9H2,(H,18,21)/t15-/m0/s1. The molecule has 0 saturated heterocycles.